The summed E-state index contributed by atoms with van der Waals surface area (Å²) in [6.07, 6.45) is 3.58. The third-order valence-corrected chi connectivity index (χ3v) is 3.67. The van der Waals surface area contributed by atoms with Gasteiger partial charge < -0.3 is 15.4 Å². The van der Waals surface area contributed by atoms with E-state index in [2.05, 4.69) is 40.5 Å². The van der Waals surface area contributed by atoms with Crippen molar-refractivity contribution in [1.82, 2.24) is 15.6 Å². The largest absolute Gasteiger partial charge is 0.493 e. The molecule has 0 aliphatic heterocycles. The fourth-order valence-corrected chi connectivity index (χ4v) is 2.35. The van der Waals surface area contributed by atoms with Crippen LogP contribution in [0.25, 0.3) is 0 Å². The van der Waals surface area contributed by atoms with Crippen molar-refractivity contribution in [2.24, 2.45) is 4.99 Å². The van der Waals surface area contributed by atoms with Gasteiger partial charge in [0.25, 0.3) is 0 Å². The zero-order valence-corrected chi connectivity index (χ0v) is 15.2. The SMILES string of the molecule is CCNC(=NCCCOc1ccccc1C)NCCc1ccccn1. The van der Waals surface area contributed by atoms with E-state index in [9.17, 15) is 0 Å². The monoisotopic (exact) mass is 340 g/mol. The number of nitrogens with one attached hydrogen (secondary N) is 2. The quantitative estimate of drug-likeness (QED) is 0.419. The Labute approximate surface area is 150 Å². The maximum atomic E-state index is 5.80. The van der Waals surface area contributed by atoms with Gasteiger partial charge in [-0.3, -0.25) is 9.98 Å². The maximum absolute atomic E-state index is 5.80. The van der Waals surface area contributed by atoms with E-state index < -0.39 is 0 Å². The van der Waals surface area contributed by atoms with Gasteiger partial charge in [0.05, 0.1) is 6.61 Å². The van der Waals surface area contributed by atoms with Crippen molar-refractivity contribution in [3.05, 3.63) is 59.9 Å². The highest BCUT2D eigenvalue weighted by Crippen LogP contribution is 2.16. The first kappa shape index (κ1) is 18.8. The van der Waals surface area contributed by atoms with Crippen molar-refractivity contribution in [1.29, 1.82) is 0 Å². The number of nitrogens with zero attached hydrogens (tertiary/aromatic N) is 2. The molecule has 0 radical (unpaired) electrons. The summed E-state index contributed by atoms with van der Waals surface area (Å²) in [5.74, 6) is 1.79. The Hall–Kier alpha value is -2.56. The number of ether oxygens (including phenoxy) is 1. The lowest BCUT2D eigenvalue weighted by atomic mass is 10.2. The van der Waals surface area contributed by atoms with Gasteiger partial charge in [0.15, 0.2) is 5.96 Å². The number of benzene rings is 1. The number of aromatic nitrogens is 1. The third-order valence-electron chi connectivity index (χ3n) is 3.67. The molecule has 5 nitrogen and oxygen atoms in total. The Morgan fingerprint density at radius 2 is 1.96 bits per heavy atom. The molecule has 0 aliphatic carbocycles. The molecule has 2 rings (SSSR count). The molecule has 5 heteroatoms. The van der Waals surface area contributed by atoms with Crippen LogP contribution < -0.4 is 15.4 Å². The van der Waals surface area contributed by atoms with Crippen LogP contribution in [0.1, 0.15) is 24.6 Å². The fraction of sp³-hybridized carbons (Fsp3) is 0.400. The molecular weight excluding hydrogens is 312 g/mol. The van der Waals surface area contributed by atoms with E-state index >= 15 is 0 Å². The summed E-state index contributed by atoms with van der Waals surface area (Å²) >= 11 is 0. The summed E-state index contributed by atoms with van der Waals surface area (Å²) in [6, 6.07) is 14.1. The third kappa shape index (κ3) is 7.25. The van der Waals surface area contributed by atoms with E-state index in [1.165, 1.54) is 0 Å². The fourth-order valence-electron chi connectivity index (χ4n) is 2.35. The van der Waals surface area contributed by atoms with Crippen molar-refractivity contribution in [2.45, 2.75) is 26.7 Å². The molecule has 0 fully saturated rings. The van der Waals surface area contributed by atoms with Crippen LogP contribution in [0.3, 0.4) is 0 Å². The average Bonchev–Trinajstić information content (AvgIpc) is 2.64. The number of para-hydroxylation sites is 1. The number of aryl methyl sites for hydroxylation is 1. The van der Waals surface area contributed by atoms with Gasteiger partial charge in [0, 0.05) is 44.4 Å². The Morgan fingerprint density at radius 1 is 1.12 bits per heavy atom. The van der Waals surface area contributed by atoms with E-state index in [4.69, 9.17) is 4.74 Å². The molecule has 25 heavy (non-hydrogen) atoms. The van der Waals surface area contributed by atoms with Crippen LogP contribution in [-0.2, 0) is 6.42 Å². The lowest BCUT2D eigenvalue weighted by Gasteiger charge is -2.11. The van der Waals surface area contributed by atoms with Gasteiger partial charge in [0.1, 0.15) is 5.75 Å². The summed E-state index contributed by atoms with van der Waals surface area (Å²) in [4.78, 5) is 8.92. The van der Waals surface area contributed by atoms with Crippen molar-refractivity contribution in [3.63, 3.8) is 0 Å². The van der Waals surface area contributed by atoms with Gasteiger partial charge in [-0.2, -0.15) is 0 Å². The minimum Gasteiger partial charge on any atom is -0.493 e. The van der Waals surface area contributed by atoms with E-state index in [1.807, 2.05) is 42.6 Å². The molecular formula is C20H28N4O. The first-order chi connectivity index (χ1) is 12.3. The van der Waals surface area contributed by atoms with Crippen LogP contribution >= 0.6 is 0 Å². The zero-order valence-electron chi connectivity index (χ0n) is 15.2. The number of pyridine rings is 1. The van der Waals surface area contributed by atoms with Crippen LogP contribution in [0.4, 0.5) is 0 Å². The van der Waals surface area contributed by atoms with Gasteiger partial charge in [-0.05, 0) is 37.6 Å². The summed E-state index contributed by atoms with van der Waals surface area (Å²) in [5, 5.41) is 6.61. The average molecular weight is 340 g/mol. The topological polar surface area (TPSA) is 58.5 Å². The van der Waals surface area contributed by atoms with Crippen molar-refractivity contribution in [2.75, 3.05) is 26.2 Å². The minimum atomic E-state index is 0.668. The number of hydrogen-bond donors (Lipinski definition) is 2. The van der Waals surface area contributed by atoms with E-state index in [1.54, 1.807) is 0 Å². The van der Waals surface area contributed by atoms with Gasteiger partial charge in [-0.25, -0.2) is 0 Å². The standard InChI is InChI=1S/C20H28N4O/c1-3-21-20(24-15-12-18-10-6-7-13-22-18)23-14-8-16-25-19-11-5-4-9-17(19)2/h4-7,9-11,13H,3,8,12,14-16H2,1-2H3,(H2,21,23,24). The molecule has 2 aromatic rings. The van der Waals surface area contributed by atoms with E-state index in [0.717, 1.165) is 55.4 Å². The molecule has 1 heterocycles. The highest BCUT2D eigenvalue weighted by molar-refractivity contribution is 5.79. The van der Waals surface area contributed by atoms with Crippen LogP contribution in [0, 0.1) is 6.92 Å². The Morgan fingerprint density at radius 3 is 2.72 bits per heavy atom. The van der Waals surface area contributed by atoms with Gasteiger partial charge in [-0.15, -0.1) is 0 Å². The number of aliphatic imine (C=N–C) groups is 1. The first-order valence-electron chi connectivity index (χ1n) is 8.90. The molecule has 0 unspecified atom stereocenters. The number of hydrogen-bond acceptors (Lipinski definition) is 3. The van der Waals surface area contributed by atoms with E-state index in [-0.39, 0.29) is 0 Å². The normalized spacial score (nSPS) is 11.2. The highest BCUT2D eigenvalue weighted by atomic mass is 16.5. The van der Waals surface area contributed by atoms with Crippen molar-refractivity contribution in [3.8, 4) is 5.75 Å². The molecule has 1 aromatic heterocycles. The summed E-state index contributed by atoms with van der Waals surface area (Å²) in [6.45, 7) is 7.17. The molecule has 0 amide bonds. The molecule has 1 aromatic carbocycles. The summed E-state index contributed by atoms with van der Waals surface area (Å²) in [5.41, 5.74) is 2.24. The first-order valence-corrected chi connectivity index (χ1v) is 8.90. The second-order valence-electron chi connectivity index (χ2n) is 5.73. The molecule has 134 valence electrons. The molecule has 0 atom stereocenters. The van der Waals surface area contributed by atoms with Crippen molar-refractivity contribution >= 4 is 5.96 Å². The maximum Gasteiger partial charge on any atom is 0.191 e. The zero-order chi connectivity index (χ0) is 17.7. The summed E-state index contributed by atoms with van der Waals surface area (Å²) in [7, 11) is 0. The smallest absolute Gasteiger partial charge is 0.191 e. The van der Waals surface area contributed by atoms with E-state index in [0.29, 0.717) is 6.61 Å². The van der Waals surface area contributed by atoms with Crippen LogP contribution in [0.2, 0.25) is 0 Å². The molecule has 0 aliphatic rings. The number of rotatable bonds is 9. The summed E-state index contributed by atoms with van der Waals surface area (Å²) < 4.78 is 5.80. The van der Waals surface area contributed by atoms with Gasteiger partial charge >= 0.3 is 0 Å². The number of guanidine groups is 1. The van der Waals surface area contributed by atoms with Crippen LogP contribution in [0.5, 0.6) is 5.75 Å². The molecule has 0 saturated carbocycles. The van der Waals surface area contributed by atoms with Crippen LogP contribution in [-0.4, -0.2) is 37.2 Å². The predicted octanol–water partition coefficient (Wildman–Crippen LogP) is 2.96. The Balaban J connectivity index is 1.69. The predicted molar refractivity (Wildman–Crippen MR) is 103 cm³/mol. The Kier molecular flexibility index (Phi) is 8.32. The lowest BCUT2D eigenvalue weighted by Crippen LogP contribution is -2.38. The van der Waals surface area contributed by atoms with Crippen LogP contribution in [0.15, 0.2) is 53.7 Å². The molecule has 0 saturated heterocycles. The second-order valence-corrected chi connectivity index (χ2v) is 5.73. The van der Waals surface area contributed by atoms with Crippen molar-refractivity contribution < 1.29 is 4.74 Å². The molecule has 2 N–H and O–H groups in total. The lowest BCUT2D eigenvalue weighted by molar-refractivity contribution is 0.311. The molecule has 0 bridgehead atoms. The Bertz CT molecular complexity index is 643. The van der Waals surface area contributed by atoms with Gasteiger partial charge in [0.2, 0.25) is 0 Å². The van der Waals surface area contributed by atoms with Gasteiger partial charge in [-0.1, -0.05) is 24.3 Å². The molecule has 0 spiro atoms. The highest BCUT2D eigenvalue weighted by Gasteiger charge is 1.99. The second kappa shape index (κ2) is 11.1. The minimum absolute atomic E-state index is 0.668.